The minimum Gasteiger partial charge on any atom is -0.375 e. The maximum absolute atomic E-state index is 8.70. The molecule has 0 saturated heterocycles. The topological polar surface area (TPSA) is 57.9 Å². The second-order valence-corrected chi connectivity index (χ2v) is 4.06. The van der Waals surface area contributed by atoms with Crippen molar-refractivity contribution in [1.29, 1.82) is 5.26 Å². The van der Waals surface area contributed by atoms with E-state index in [1.165, 1.54) is 0 Å². The fraction of sp³-hybridized carbons (Fsp3) is 0.200. The lowest BCUT2D eigenvalue weighted by atomic mass is 10.1. The molecule has 1 heterocycles. The van der Waals surface area contributed by atoms with Crippen molar-refractivity contribution in [3.8, 4) is 6.07 Å². The van der Waals surface area contributed by atoms with Gasteiger partial charge in [0.25, 0.3) is 0 Å². The molecule has 0 saturated carbocycles. The van der Waals surface area contributed by atoms with Crippen LogP contribution in [0, 0.1) is 11.3 Å². The number of pyridine rings is 1. The normalized spacial score (nSPS) is 11.6. The molecule has 0 radical (unpaired) electrons. The summed E-state index contributed by atoms with van der Waals surface area (Å²) in [6.45, 7) is 0.624. The first-order valence-corrected chi connectivity index (χ1v) is 6.01. The van der Waals surface area contributed by atoms with Gasteiger partial charge in [-0.3, -0.25) is 0 Å². The Morgan fingerprint density at radius 2 is 2.05 bits per heavy atom. The van der Waals surface area contributed by atoms with Gasteiger partial charge in [0.15, 0.2) is 0 Å². The Labute approximate surface area is 112 Å². The molecule has 1 aromatic heterocycles. The third kappa shape index (κ3) is 3.54. The fourth-order valence-corrected chi connectivity index (χ4v) is 1.77. The molecule has 1 atom stereocenters. The van der Waals surface area contributed by atoms with Crippen LogP contribution in [-0.2, 0) is 4.74 Å². The van der Waals surface area contributed by atoms with Gasteiger partial charge in [-0.05, 0) is 17.7 Å². The Kier molecular flexibility index (Phi) is 4.49. The zero-order valence-electron chi connectivity index (χ0n) is 10.7. The van der Waals surface area contributed by atoms with E-state index in [1.54, 1.807) is 25.4 Å². The summed E-state index contributed by atoms with van der Waals surface area (Å²) in [4.78, 5) is 4.16. The van der Waals surface area contributed by atoms with Crippen LogP contribution < -0.4 is 5.32 Å². The maximum atomic E-state index is 8.70. The van der Waals surface area contributed by atoms with Crippen LogP contribution in [-0.4, -0.2) is 18.6 Å². The molecule has 0 fully saturated rings. The summed E-state index contributed by atoms with van der Waals surface area (Å²) in [5, 5.41) is 11.9. The Hall–Kier alpha value is -2.38. The highest BCUT2D eigenvalue weighted by atomic mass is 16.5. The SMILES string of the molecule is CO[C@@H](CNc1ccc(C#N)cn1)c1ccccc1. The highest BCUT2D eigenvalue weighted by Gasteiger charge is 2.09. The molecule has 2 aromatic rings. The predicted molar refractivity (Wildman–Crippen MR) is 73.6 cm³/mol. The first-order chi connectivity index (χ1) is 9.33. The Bertz CT molecular complexity index is 546. The monoisotopic (exact) mass is 253 g/mol. The lowest BCUT2D eigenvalue weighted by molar-refractivity contribution is 0.114. The van der Waals surface area contributed by atoms with Gasteiger partial charge in [-0.1, -0.05) is 30.3 Å². The van der Waals surface area contributed by atoms with Crippen LogP contribution in [0.5, 0.6) is 0 Å². The van der Waals surface area contributed by atoms with E-state index in [1.807, 2.05) is 36.4 Å². The number of ether oxygens (including phenoxy) is 1. The fourth-order valence-electron chi connectivity index (χ4n) is 1.77. The second-order valence-electron chi connectivity index (χ2n) is 4.06. The summed E-state index contributed by atoms with van der Waals surface area (Å²) in [6, 6.07) is 15.6. The van der Waals surface area contributed by atoms with Crippen molar-refractivity contribution >= 4 is 5.82 Å². The van der Waals surface area contributed by atoms with Crippen molar-refractivity contribution in [2.24, 2.45) is 0 Å². The van der Waals surface area contributed by atoms with Gasteiger partial charge in [0.1, 0.15) is 11.9 Å². The van der Waals surface area contributed by atoms with E-state index in [9.17, 15) is 0 Å². The lowest BCUT2D eigenvalue weighted by Crippen LogP contribution is -2.15. The van der Waals surface area contributed by atoms with Crippen LogP contribution >= 0.6 is 0 Å². The lowest BCUT2D eigenvalue weighted by Gasteiger charge is -2.16. The van der Waals surface area contributed by atoms with E-state index in [4.69, 9.17) is 10.00 Å². The zero-order chi connectivity index (χ0) is 13.5. The molecule has 0 amide bonds. The van der Waals surface area contributed by atoms with Crippen LogP contribution in [0.1, 0.15) is 17.2 Å². The molecule has 0 bridgehead atoms. The molecular weight excluding hydrogens is 238 g/mol. The predicted octanol–water partition coefficient (Wildman–Crippen LogP) is 2.75. The Balaban J connectivity index is 1.98. The van der Waals surface area contributed by atoms with E-state index >= 15 is 0 Å². The van der Waals surface area contributed by atoms with Gasteiger partial charge in [-0.25, -0.2) is 4.98 Å². The van der Waals surface area contributed by atoms with Gasteiger partial charge in [-0.2, -0.15) is 5.26 Å². The summed E-state index contributed by atoms with van der Waals surface area (Å²) in [7, 11) is 1.69. The quantitative estimate of drug-likeness (QED) is 0.890. The molecular formula is C15H15N3O. The Morgan fingerprint density at radius 1 is 1.26 bits per heavy atom. The molecule has 0 aliphatic carbocycles. The molecule has 96 valence electrons. The average Bonchev–Trinajstić information content (AvgIpc) is 2.49. The smallest absolute Gasteiger partial charge is 0.126 e. The molecule has 4 heteroatoms. The van der Waals surface area contributed by atoms with Gasteiger partial charge in [0.05, 0.1) is 11.7 Å². The first-order valence-electron chi connectivity index (χ1n) is 6.01. The molecule has 0 unspecified atom stereocenters. The minimum atomic E-state index is -0.0290. The summed E-state index contributed by atoms with van der Waals surface area (Å²) in [6.07, 6.45) is 1.52. The molecule has 0 aliphatic rings. The molecule has 1 N–H and O–H groups in total. The number of benzene rings is 1. The molecule has 0 spiro atoms. The largest absolute Gasteiger partial charge is 0.375 e. The molecule has 4 nitrogen and oxygen atoms in total. The van der Waals surface area contributed by atoms with Crippen molar-refractivity contribution in [3.63, 3.8) is 0 Å². The minimum absolute atomic E-state index is 0.0290. The van der Waals surface area contributed by atoms with E-state index in [0.717, 1.165) is 11.4 Å². The molecule has 19 heavy (non-hydrogen) atoms. The van der Waals surface area contributed by atoms with Gasteiger partial charge < -0.3 is 10.1 Å². The zero-order valence-corrected chi connectivity index (χ0v) is 10.7. The number of hydrogen-bond acceptors (Lipinski definition) is 4. The number of hydrogen-bond donors (Lipinski definition) is 1. The third-order valence-electron chi connectivity index (χ3n) is 2.82. The van der Waals surface area contributed by atoms with Crippen molar-refractivity contribution in [3.05, 3.63) is 59.8 Å². The van der Waals surface area contributed by atoms with E-state index in [2.05, 4.69) is 10.3 Å². The van der Waals surface area contributed by atoms with Gasteiger partial charge in [-0.15, -0.1) is 0 Å². The first kappa shape index (κ1) is 13.1. The van der Waals surface area contributed by atoms with Crippen LogP contribution in [0.4, 0.5) is 5.82 Å². The van der Waals surface area contributed by atoms with Crippen molar-refractivity contribution in [2.45, 2.75) is 6.10 Å². The van der Waals surface area contributed by atoms with E-state index in [0.29, 0.717) is 12.1 Å². The standard InChI is InChI=1S/C15H15N3O/c1-19-14(13-5-3-2-4-6-13)11-18-15-8-7-12(9-16)10-17-15/h2-8,10,14H,11H2,1H3,(H,17,18)/t14-/m0/s1. The van der Waals surface area contributed by atoms with Crippen LogP contribution in [0.2, 0.25) is 0 Å². The van der Waals surface area contributed by atoms with Gasteiger partial charge in [0.2, 0.25) is 0 Å². The highest BCUT2D eigenvalue weighted by Crippen LogP contribution is 2.16. The summed E-state index contributed by atoms with van der Waals surface area (Å²) >= 11 is 0. The number of aromatic nitrogens is 1. The summed E-state index contributed by atoms with van der Waals surface area (Å²) in [5.74, 6) is 0.733. The molecule has 1 aromatic carbocycles. The van der Waals surface area contributed by atoms with Gasteiger partial charge >= 0.3 is 0 Å². The van der Waals surface area contributed by atoms with Crippen LogP contribution in [0.15, 0.2) is 48.7 Å². The average molecular weight is 253 g/mol. The summed E-state index contributed by atoms with van der Waals surface area (Å²) in [5.41, 5.74) is 1.67. The highest BCUT2D eigenvalue weighted by molar-refractivity contribution is 5.39. The van der Waals surface area contributed by atoms with E-state index < -0.39 is 0 Å². The van der Waals surface area contributed by atoms with Crippen molar-refractivity contribution in [2.75, 3.05) is 19.0 Å². The number of nitriles is 1. The van der Waals surface area contributed by atoms with Crippen LogP contribution in [0.25, 0.3) is 0 Å². The van der Waals surface area contributed by atoms with Crippen molar-refractivity contribution < 1.29 is 4.74 Å². The Morgan fingerprint density at radius 3 is 2.63 bits per heavy atom. The number of rotatable bonds is 5. The number of anilines is 1. The number of nitrogens with zero attached hydrogens (tertiary/aromatic N) is 2. The van der Waals surface area contributed by atoms with E-state index in [-0.39, 0.29) is 6.10 Å². The molecule has 0 aliphatic heterocycles. The maximum Gasteiger partial charge on any atom is 0.126 e. The van der Waals surface area contributed by atoms with Crippen molar-refractivity contribution in [1.82, 2.24) is 4.98 Å². The second kappa shape index (κ2) is 6.53. The third-order valence-corrected chi connectivity index (χ3v) is 2.82. The van der Waals surface area contributed by atoms with Gasteiger partial charge in [0, 0.05) is 19.9 Å². The molecule has 2 rings (SSSR count). The summed E-state index contributed by atoms with van der Waals surface area (Å²) < 4.78 is 5.46. The number of nitrogens with one attached hydrogen (secondary N) is 1. The van der Waals surface area contributed by atoms with Crippen LogP contribution in [0.3, 0.4) is 0 Å². The number of methoxy groups -OCH3 is 1.